The summed E-state index contributed by atoms with van der Waals surface area (Å²) in [6, 6.07) is 8.16. The second-order valence-electron chi connectivity index (χ2n) is 5.78. The minimum Gasteiger partial charge on any atom is -0.491 e. The number of hydrogen-bond acceptors (Lipinski definition) is 3. The van der Waals surface area contributed by atoms with Gasteiger partial charge in [0.1, 0.15) is 12.4 Å². The number of ether oxygens (including phenoxy) is 2. The lowest BCUT2D eigenvalue weighted by atomic mass is 9.89. The summed E-state index contributed by atoms with van der Waals surface area (Å²) in [5.74, 6) is 1.78. The summed E-state index contributed by atoms with van der Waals surface area (Å²) < 4.78 is 11.6. The van der Waals surface area contributed by atoms with Gasteiger partial charge in [0, 0.05) is 0 Å². The molecule has 3 heteroatoms. The number of nitrogens with two attached hydrogens (primary N) is 1. The average molecular weight is 277 g/mol. The van der Waals surface area contributed by atoms with Gasteiger partial charge in [0.25, 0.3) is 0 Å². The fourth-order valence-electron chi connectivity index (χ4n) is 2.69. The Hall–Kier alpha value is -1.06. The lowest BCUT2D eigenvalue weighted by Crippen LogP contribution is -2.22. The minimum absolute atomic E-state index is 0.446. The van der Waals surface area contributed by atoms with E-state index in [4.69, 9.17) is 15.2 Å². The lowest BCUT2D eigenvalue weighted by molar-refractivity contribution is 0.00570. The molecule has 2 rings (SSSR count). The predicted molar refractivity (Wildman–Crippen MR) is 82.1 cm³/mol. The maximum Gasteiger partial charge on any atom is 0.119 e. The Balaban J connectivity index is 1.60. The van der Waals surface area contributed by atoms with Crippen molar-refractivity contribution in [3.8, 4) is 5.75 Å². The lowest BCUT2D eigenvalue weighted by Gasteiger charge is -2.26. The highest BCUT2D eigenvalue weighted by Gasteiger charge is 2.18. The third-order valence-electron chi connectivity index (χ3n) is 4.02. The quantitative estimate of drug-likeness (QED) is 0.779. The summed E-state index contributed by atoms with van der Waals surface area (Å²) in [5, 5.41) is 0. The summed E-state index contributed by atoms with van der Waals surface area (Å²) in [4.78, 5) is 0. The number of benzene rings is 1. The second kappa shape index (κ2) is 8.28. The van der Waals surface area contributed by atoms with Crippen molar-refractivity contribution in [2.45, 2.75) is 45.1 Å². The van der Waals surface area contributed by atoms with Crippen molar-refractivity contribution >= 4 is 0 Å². The Morgan fingerprint density at radius 1 is 1.05 bits per heavy atom. The van der Waals surface area contributed by atoms with Crippen LogP contribution in [0.3, 0.4) is 0 Å². The van der Waals surface area contributed by atoms with Crippen LogP contribution in [0.4, 0.5) is 0 Å². The van der Waals surface area contributed by atoms with Gasteiger partial charge >= 0.3 is 0 Å². The Kier molecular flexibility index (Phi) is 6.34. The fourth-order valence-corrected chi connectivity index (χ4v) is 2.69. The van der Waals surface area contributed by atoms with E-state index in [0.717, 1.165) is 18.1 Å². The van der Waals surface area contributed by atoms with Crippen molar-refractivity contribution in [1.82, 2.24) is 0 Å². The summed E-state index contributed by atoms with van der Waals surface area (Å²) in [5.41, 5.74) is 6.79. The summed E-state index contributed by atoms with van der Waals surface area (Å²) in [6.07, 6.45) is 6.37. The molecule has 0 unspecified atom stereocenters. The topological polar surface area (TPSA) is 44.5 Å². The maximum absolute atomic E-state index is 5.87. The molecule has 0 aliphatic heterocycles. The molecular formula is C17H27NO2. The fraction of sp³-hybridized carbons (Fsp3) is 0.647. The van der Waals surface area contributed by atoms with E-state index < -0.39 is 0 Å². The Morgan fingerprint density at radius 3 is 2.40 bits per heavy atom. The normalized spacial score (nSPS) is 22.7. The molecule has 0 radical (unpaired) electrons. The summed E-state index contributed by atoms with van der Waals surface area (Å²) in [6.45, 7) is 4.33. The highest BCUT2D eigenvalue weighted by molar-refractivity contribution is 5.27. The third-order valence-corrected chi connectivity index (χ3v) is 4.02. The first-order valence-electron chi connectivity index (χ1n) is 7.81. The summed E-state index contributed by atoms with van der Waals surface area (Å²) >= 11 is 0. The van der Waals surface area contributed by atoms with Crippen LogP contribution in [-0.4, -0.2) is 25.9 Å². The molecule has 0 atom stereocenters. The molecule has 1 aromatic rings. The van der Waals surface area contributed by atoms with E-state index in [1.165, 1.54) is 31.2 Å². The van der Waals surface area contributed by atoms with Crippen LogP contribution in [0, 0.1) is 5.92 Å². The van der Waals surface area contributed by atoms with Gasteiger partial charge in [-0.3, -0.25) is 0 Å². The highest BCUT2D eigenvalue weighted by Crippen LogP contribution is 2.25. The first-order valence-corrected chi connectivity index (χ1v) is 7.81. The molecule has 1 aliphatic carbocycles. The van der Waals surface area contributed by atoms with E-state index in [2.05, 4.69) is 19.1 Å². The van der Waals surface area contributed by atoms with Crippen LogP contribution in [0.5, 0.6) is 5.75 Å². The van der Waals surface area contributed by atoms with Crippen LogP contribution < -0.4 is 10.5 Å². The van der Waals surface area contributed by atoms with E-state index >= 15 is 0 Å². The number of rotatable bonds is 7. The second-order valence-corrected chi connectivity index (χ2v) is 5.78. The van der Waals surface area contributed by atoms with Crippen LogP contribution in [0.2, 0.25) is 0 Å². The SMILES string of the molecule is CC1CCC(OCCOc2ccc(CCN)cc2)CC1. The first-order chi connectivity index (χ1) is 9.78. The van der Waals surface area contributed by atoms with Crippen molar-refractivity contribution in [2.75, 3.05) is 19.8 Å². The standard InChI is InChI=1S/C17H27NO2/c1-14-2-6-16(7-3-14)19-12-13-20-17-8-4-15(5-9-17)10-11-18/h4-5,8-9,14,16H,2-3,6-7,10-13,18H2,1H3. The van der Waals surface area contributed by atoms with Gasteiger partial charge < -0.3 is 15.2 Å². The highest BCUT2D eigenvalue weighted by atomic mass is 16.5. The van der Waals surface area contributed by atoms with Gasteiger partial charge in [-0.2, -0.15) is 0 Å². The summed E-state index contributed by atoms with van der Waals surface area (Å²) in [7, 11) is 0. The minimum atomic E-state index is 0.446. The Labute approximate surface area is 122 Å². The van der Waals surface area contributed by atoms with Gasteiger partial charge in [0.2, 0.25) is 0 Å². The predicted octanol–water partition coefficient (Wildman–Crippen LogP) is 3.16. The molecule has 112 valence electrons. The van der Waals surface area contributed by atoms with Crippen LogP contribution in [0.1, 0.15) is 38.2 Å². The van der Waals surface area contributed by atoms with E-state index in [1.807, 2.05) is 12.1 Å². The molecule has 0 spiro atoms. The van der Waals surface area contributed by atoms with Gasteiger partial charge in [-0.25, -0.2) is 0 Å². The zero-order valence-electron chi connectivity index (χ0n) is 12.5. The molecule has 1 aliphatic rings. The molecule has 1 saturated carbocycles. The van der Waals surface area contributed by atoms with Gasteiger partial charge in [0.15, 0.2) is 0 Å². The molecule has 2 N–H and O–H groups in total. The molecule has 20 heavy (non-hydrogen) atoms. The van der Waals surface area contributed by atoms with Gasteiger partial charge in [-0.1, -0.05) is 19.1 Å². The largest absolute Gasteiger partial charge is 0.491 e. The first kappa shape index (κ1) is 15.3. The van der Waals surface area contributed by atoms with Crippen molar-refractivity contribution < 1.29 is 9.47 Å². The van der Waals surface area contributed by atoms with Crippen molar-refractivity contribution in [3.05, 3.63) is 29.8 Å². The smallest absolute Gasteiger partial charge is 0.119 e. The van der Waals surface area contributed by atoms with Crippen molar-refractivity contribution in [1.29, 1.82) is 0 Å². The van der Waals surface area contributed by atoms with E-state index in [1.54, 1.807) is 0 Å². The van der Waals surface area contributed by atoms with Crippen LogP contribution in [0.25, 0.3) is 0 Å². The van der Waals surface area contributed by atoms with Gasteiger partial charge in [0.05, 0.1) is 12.7 Å². The van der Waals surface area contributed by atoms with Crippen molar-refractivity contribution in [2.24, 2.45) is 11.7 Å². The van der Waals surface area contributed by atoms with E-state index in [9.17, 15) is 0 Å². The molecular weight excluding hydrogens is 250 g/mol. The zero-order valence-corrected chi connectivity index (χ0v) is 12.5. The van der Waals surface area contributed by atoms with E-state index in [0.29, 0.717) is 25.9 Å². The molecule has 0 bridgehead atoms. The molecule has 0 heterocycles. The Morgan fingerprint density at radius 2 is 1.75 bits per heavy atom. The van der Waals surface area contributed by atoms with Crippen molar-refractivity contribution in [3.63, 3.8) is 0 Å². The van der Waals surface area contributed by atoms with E-state index in [-0.39, 0.29) is 0 Å². The van der Waals surface area contributed by atoms with Crippen LogP contribution in [-0.2, 0) is 11.2 Å². The molecule has 0 saturated heterocycles. The average Bonchev–Trinajstić information content (AvgIpc) is 2.47. The molecule has 0 aromatic heterocycles. The molecule has 1 aromatic carbocycles. The maximum atomic E-state index is 5.87. The van der Waals surface area contributed by atoms with Crippen LogP contribution >= 0.6 is 0 Å². The molecule has 3 nitrogen and oxygen atoms in total. The van der Waals surface area contributed by atoms with Crippen LogP contribution in [0.15, 0.2) is 24.3 Å². The monoisotopic (exact) mass is 277 g/mol. The third kappa shape index (κ3) is 5.14. The Bertz CT molecular complexity index is 369. The molecule has 0 amide bonds. The zero-order chi connectivity index (χ0) is 14.2. The van der Waals surface area contributed by atoms with Gasteiger partial charge in [-0.15, -0.1) is 0 Å². The van der Waals surface area contributed by atoms with Gasteiger partial charge in [-0.05, 0) is 62.3 Å². The number of hydrogen-bond donors (Lipinski definition) is 1. The molecule has 1 fully saturated rings.